The number of hydrogen-bond acceptors (Lipinski definition) is 3. The molecule has 1 aliphatic rings. The lowest BCUT2D eigenvalue weighted by molar-refractivity contribution is 0.155. The summed E-state index contributed by atoms with van der Waals surface area (Å²) in [7, 11) is 0. The van der Waals surface area contributed by atoms with Gasteiger partial charge < -0.3 is 10.1 Å². The third-order valence-corrected chi connectivity index (χ3v) is 3.48. The molecule has 0 fully saturated rings. The first-order chi connectivity index (χ1) is 8.83. The number of ether oxygens (including phenoxy) is 1. The van der Waals surface area contributed by atoms with Crippen LogP contribution in [-0.4, -0.2) is 43.7 Å². The van der Waals surface area contributed by atoms with Gasteiger partial charge in [-0.25, -0.2) is 0 Å². The lowest BCUT2D eigenvalue weighted by Crippen LogP contribution is -2.38. The van der Waals surface area contributed by atoms with Crippen LogP contribution >= 0.6 is 0 Å². The summed E-state index contributed by atoms with van der Waals surface area (Å²) in [4.78, 5) is 2.46. The van der Waals surface area contributed by atoms with Crippen molar-refractivity contribution in [1.82, 2.24) is 10.2 Å². The third-order valence-electron chi connectivity index (χ3n) is 3.48. The maximum absolute atomic E-state index is 5.98. The molecule has 0 bridgehead atoms. The van der Waals surface area contributed by atoms with Gasteiger partial charge in [-0.05, 0) is 24.7 Å². The highest BCUT2D eigenvalue weighted by atomic mass is 16.5. The van der Waals surface area contributed by atoms with E-state index in [0.29, 0.717) is 6.10 Å². The van der Waals surface area contributed by atoms with E-state index in [0.717, 1.165) is 44.9 Å². The molecule has 0 radical (unpaired) electrons. The van der Waals surface area contributed by atoms with Crippen molar-refractivity contribution < 1.29 is 4.74 Å². The standard InChI is InChI=1S/C15H24N2O/c1-3-16-9-10-17(4-2)12-14-11-13-7-5-6-8-15(13)18-14/h5-8,14,16H,3-4,9-12H2,1-2H3. The van der Waals surface area contributed by atoms with E-state index in [1.165, 1.54) is 5.56 Å². The number of fused-ring (bicyclic) bond motifs is 1. The zero-order valence-electron chi connectivity index (χ0n) is 11.5. The Balaban J connectivity index is 1.80. The Morgan fingerprint density at radius 1 is 1.33 bits per heavy atom. The van der Waals surface area contributed by atoms with Crippen molar-refractivity contribution in [2.75, 3.05) is 32.7 Å². The molecule has 1 aliphatic heterocycles. The third kappa shape index (κ3) is 3.47. The van der Waals surface area contributed by atoms with Gasteiger partial charge in [-0.1, -0.05) is 32.0 Å². The van der Waals surface area contributed by atoms with E-state index in [1.54, 1.807) is 0 Å². The predicted molar refractivity (Wildman–Crippen MR) is 75.2 cm³/mol. The average Bonchev–Trinajstić information content (AvgIpc) is 2.80. The monoisotopic (exact) mass is 248 g/mol. The van der Waals surface area contributed by atoms with Crippen LogP contribution in [-0.2, 0) is 6.42 Å². The van der Waals surface area contributed by atoms with E-state index in [9.17, 15) is 0 Å². The first-order valence-electron chi connectivity index (χ1n) is 7.01. The molecule has 0 spiro atoms. The lowest BCUT2D eigenvalue weighted by Gasteiger charge is -2.23. The summed E-state index contributed by atoms with van der Waals surface area (Å²) in [6, 6.07) is 8.38. The van der Waals surface area contributed by atoms with Crippen LogP contribution in [0.5, 0.6) is 5.75 Å². The molecule has 1 aromatic rings. The van der Waals surface area contributed by atoms with Crippen LogP contribution in [0.1, 0.15) is 19.4 Å². The molecule has 1 atom stereocenters. The fraction of sp³-hybridized carbons (Fsp3) is 0.600. The quantitative estimate of drug-likeness (QED) is 0.746. The van der Waals surface area contributed by atoms with Gasteiger partial charge >= 0.3 is 0 Å². The number of nitrogens with one attached hydrogen (secondary N) is 1. The first-order valence-corrected chi connectivity index (χ1v) is 7.01. The second kappa shape index (κ2) is 6.76. The van der Waals surface area contributed by atoms with Crippen molar-refractivity contribution in [2.45, 2.75) is 26.4 Å². The second-order valence-electron chi connectivity index (χ2n) is 4.80. The van der Waals surface area contributed by atoms with Gasteiger partial charge in [-0.15, -0.1) is 0 Å². The SMILES string of the molecule is CCNCCN(CC)CC1Cc2ccccc2O1. The predicted octanol–water partition coefficient (Wildman–Crippen LogP) is 1.92. The summed E-state index contributed by atoms with van der Waals surface area (Å²) < 4.78 is 5.98. The molecule has 1 aromatic carbocycles. The first kappa shape index (κ1) is 13.4. The fourth-order valence-corrected chi connectivity index (χ4v) is 2.44. The van der Waals surface area contributed by atoms with Crippen molar-refractivity contribution in [1.29, 1.82) is 0 Å². The zero-order valence-corrected chi connectivity index (χ0v) is 11.5. The molecule has 0 saturated carbocycles. The second-order valence-corrected chi connectivity index (χ2v) is 4.80. The molecule has 2 rings (SSSR count). The van der Waals surface area contributed by atoms with Crippen LogP contribution in [0, 0.1) is 0 Å². The van der Waals surface area contributed by atoms with Crippen molar-refractivity contribution in [3.63, 3.8) is 0 Å². The van der Waals surface area contributed by atoms with Crippen LogP contribution in [0.25, 0.3) is 0 Å². The molecule has 0 aliphatic carbocycles. The number of hydrogen-bond donors (Lipinski definition) is 1. The number of nitrogens with zero attached hydrogens (tertiary/aromatic N) is 1. The minimum absolute atomic E-state index is 0.323. The molecular formula is C15H24N2O. The van der Waals surface area contributed by atoms with Gasteiger partial charge in [0.2, 0.25) is 0 Å². The summed E-state index contributed by atoms with van der Waals surface area (Å²) in [6.45, 7) is 9.67. The van der Waals surface area contributed by atoms with Crippen LogP contribution in [0.2, 0.25) is 0 Å². The van der Waals surface area contributed by atoms with Gasteiger partial charge in [0, 0.05) is 26.1 Å². The zero-order chi connectivity index (χ0) is 12.8. The Labute approximate surface area is 110 Å². The molecule has 100 valence electrons. The summed E-state index contributed by atoms with van der Waals surface area (Å²) in [6.07, 6.45) is 1.37. The van der Waals surface area contributed by atoms with Crippen molar-refractivity contribution in [3.05, 3.63) is 29.8 Å². The van der Waals surface area contributed by atoms with Crippen LogP contribution < -0.4 is 10.1 Å². The smallest absolute Gasteiger partial charge is 0.123 e. The largest absolute Gasteiger partial charge is 0.488 e. The Bertz CT molecular complexity index is 342. The van der Waals surface area contributed by atoms with Crippen molar-refractivity contribution >= 4 is 0 Å². The van der Waals surface area contributed by atoms with Crippen LogP contribution in [0.15, 0.2) is 24.3 Å². The summed E-state index contributed by atoms with van der Waals surface area (Å²) >= 11 is 0. The van der Waals surface area contributed by atoms with E-state index in [2.05, 4.69) is 42.3 Å². The maximum atomic E-state index is 5.98. The molecule has 1 heterocycles. The number of benzene rings is 1. The van der Waals surface area contributed by atoms with Crippen LogP contribution in [0.3, 0.4) is 0 Å². The van der Waals surface area contributed by atoms with Gasteiger partial charge in [0.1, 0.15) is 11.9 Å². The van der Waals surface area contributed by atoms with Crippen molar-refractivity contribution in [3.8, 4) is 5.75 Å². The number of likely N-dealkylation sites (N-methyl/N-ethyl adjacent to an activating group) is 2. The molecule has 0 amide bonds. The van der Waals surface area contributed by atoms with E-state index >= 15 is 0 Å². The molecule has 0 saturated heterocycles. The van der Waals surface area contributed by atoms with Gasteiger partial charge in [0.25, 0.3) is 0 Å². The Hall–Kier alpha value is -1.06. The van der Waals surface area contributed by atoms with E-state index < -0.39 is 0 Å². The summed E-state index contributed by atoms with van der Waals surface area (Å²) in [5.41, 5.74) is 1.35. The molecule has 0 aromatic heterocycles. The molecule has 3 nitrogen and oxygen atoms in total. The maximum Gasteiger partial charge on any atom is 0.123 e. The van der Waals surface area contributed by atoms with E-state index in [4.69, 9.17) is 4.74 Å². The average molecular weight is 248 g/mol. The van der Waals surface area contributed by atoms with Gasteiger partial charge in [-0.3, -0.25) is 4.90 Å². The Morgan fingerprint density at radius 3 is 2.89 bits per heavy atom. The Kier molecular flexibility index (Phi) is 5.02. The van der Waals surface area contributed by atoms with Gasteiger partial charge in [0.05, 0.1) is 0 Å². The number of rotatable bonds is 7. The van der Waals surface area contributed by atoms with E-state index in [1.807, 2.05) is 6.07 Å². The Morgan fingerprint density at radius 2 is 2.17 bits per heavy atom. The fourth-order valence-electron chi connectivity index (χ4n) is 2.44. The highest BCUT2D eigenvalue weighted by Crippen LogP contribution is 2.28. The molecule has 1 N–H and O–H groups in total. The summed E-state index contributed by atoms with van der Waals surface area (Å²) in [5, 5.41) is 3.37. The summed E-state index contributed by atoms with van der Waals surface area (Å²) in [5.74, 6) is 1.07. The normalized spacial score (nSPS) is 17.8. The molecule has 3 heteroatoms. The molecule has 1 unspecified atom stereocenters. The minimum atomic E-state index is 0.323. The van der Waals surface area contributed by atoms with Crippen molar-refractivity contribution in [2.24, 2.45) is 0 Å². The highest BCUT2D eigenvalue weighted by Gasteiger charge is 2.23. The topological polar surface area (TPSA) is 24.5 Å². The minimum Gasteiger partial charge on any atom is -0.488 e. The lowest BCUT2D eigenvalue weighted by atomic mass is 10.1. The van der Waals surface area contributed by atoms with Gasteiger partial charge in [0.15, 0.2) is 0 Å². The van der Waals surface area contributed by atoms with Gasteiger partial charge in [-0.2, -0.15) is 0 Å². The highest BCUT2D eigenvalue weighted by molar-refractivity contribution is 5.37. The number of para-hydroxylation sites is 1. The van der Waals surface area contributed by atoms with Crippen LogP contribution in [0.4, 0.5) is 0 Å². The molecular weight excluding hydrogens is 224 g/mol. The molecule has 18 heavy (non-hydrogen) atoms. The van der Waals surface area contributed by atoms with E-state index in [-0.39, 0.29) is 0 Å².